The van der Waals surface area contributed by atoms with E-state index < -0.39 is 0 Å². The fourth-order valence-electron chi connectivity index (χ4n) is 1.52. The third kappa shape index (κ3) is 2.98. The van der Waals surface area contributed by atoms with Crippen molar-refractivity contribution in [3.63, 3.8) is 0 Å². The third-order valence-electron chi connectivity index (χ3n) is 2.34. The summed E-state index contributed by atoms with van der Waals surface area (Å²) in [5.41, 5.74) is 0.598. The first-order valence-corrected chi connectivity index (χ1v) is 6.77. The quantitative estimate of drug-likeness (QED) is 0.866. The average molecular weight is 314 g/mol. The fraction of sp³-hybridized carbons (Fsp3) is 0.250. The molecule has 0 N–H and O–H groups in total. The molecule has 0 radical (unpaired) electrons. The van der Waals surface area contributed by atoms with E-state index in [-0.39, 0.29) is 5.91 Å². The Balaban J connectivity index is 2.05. The van der Waals surface area contributed by atoms with Crippen molar-refractivity contribution in [2.75, 3.05) is 7.05 Å². The standard InChI is InChI=1S/C12H12BrNO2S/c1-8-3-9(6-16-8)12(15)14(2)5-11-4-10(13)7-17-11/h3-4,6-7H,5H2,1-2H3. The van der Waals surface area contributed by atoms with Crippen molar-refractivity contribution in [1.29, 1.82) is 0 Å². The molecule has 17 heavy (non-hydrogen) atoms. The molecule has 2 heterocycles. The number of nitrogens with zero attached hydrogens (tertiary/aromatic N) is 1. The molecule has 0 bridgehead atoms. The highest BCUT2D eigenvalue weighted by molar-refractivity contribution is 9.10. The maximum atomic E-state index is 12.0. The molecule has 0 atom stereocenters. The number of carbonyl (C=O) groups excluding carboxylic acids is 1. The molecule has 90 valence electrons. The zero-order valence-corrected chi connectivity index (χ0v) is 12.0. The maximum absolute atomic E-state index is 12.0. The minimum absolute atomic E-state index is 0.0219. The molecule has 2 rings (SSSR count). The monoisotopic (exact) mass is 313 g/mol. The van der Waals surface area contributed by atoms with E-state index in [1.807, 2.05) is 18.4 Å². The zero-order chi connectivity index (χ0) is 12.4. The van der Waals surface area contributed by atoms with E-state index in [9.17, 15) is 4.79 Å². The molecular weight excluding hydrogens is 302 g/mol. The summed E-state index contributed by atoms with van der Waals surface area (Å²) >= 11 is 5.03. The van der Waals surface area contributed by atoms with Crippen LogP contribution in [0.1, 0.15) is 21.0 Å². The van der Waals surface area contributed by atoms with E-state index in [1.54, 1.807) is 29.4 Å². The molecule has 0 unspecified atom stereocenters. The predicted octanol–water partition coefficient (Wildman–Crippen LogP) is 3.68. The smallest absolute Gasteiger partial charge is 0.257 e. The molecule has 0 aromatic carbocycles. The van der Waals surface area contributed by atoms with Crippen LogP contribution in [0.5, 0.6) is 0 Å². The number of hydrogen-bond acceptors (Lipinski definition) is 3. The first-order chi connectivity index (χ1) is 8.06. The third-order valence-corrected chi connectivity index (χ3v) is 4.02. The first kappa shape index (κ1) is 12.4. The van der Waals surface area contributed by atoms with E-state index in [2.05, 4.69) is 15.9 Å². The second-order valence-corrected chi connectivity index (χ2v) is 5.75. The summed E-state index contributed by atoms with van der Waals surface area (Å²) in [5.74, 6) is 0.729. The number of halogens is 1. The van der Waals surface area contributed by atoms with Crippen LogP contribution in [-0.2, 0) is 6.54 Å². The second-order valence-electron chi connectivity index (χ2n) is 3.84. The SMILES string of the molecule is Cc1cc(C(=O)N(C)Cc2cc(Br)cs2)co1. The van der Waals surface area contributed by atoms with Gasteiger partial charge in [-0.3, -0.25) is 4.79 Å². The van der Waals surface area contributed by atoms with Gasteiger partial charge in [-0.05, 0) is 35.0 Å². The summed E-state index contributed by atoms with van der Waals surface area (Å²) in [4.78, 5) is 14.9. The Morgan fingerprint density at radius 3 is 2.82 bits per heavy atom. The number of aryl methyl sites for hydroxylation is 1. The van der Waals surface area contributed by atoms with Crippen LogP contribution in [0.25, 0.3) is 0 Å². The highest BCUT2D eigenvalue weighted by Crippen LogP contribution is 2.21. The lowest BCUT2D eigenvalue weighted by atomic mass is 10.3. The van der Waals surface area contributed by atoms with Gasteiger partial charge in [0.2, 0.25) is 0 Å². The van der Waals surface area contributed by atoms with Crippen LogP contribution in [0.3, 0.4) is 0 Å². The van der Waals surface area contributed by atoms with Crippen LogP contribution in [0.4, 0.5) is 0 Å². The van der Waals surface area contributed by atoms with Crippen LogP contribution in [0.15, 0.2) is 32.7 Å². The van der Waals surface area contributed by atoms with Crippen LogP contribution in [0, 0.1) is 6.92 Å². The van der Waals surface area contributed by atoms with Crippen molar-refractivity contribution in [1.82, 2.24) is 4.90 Å². The van der Waals surface area contributed by atoms with Gasteiger partial charge in [-0.15, -0.1) is 11.3 Å². The summed E-state index contributed by atoms with van der Waals surface area (Å²) in [6.07, 6.45) is 1.50. The normalized spacial score (nSPS) is 10.5. The molecule has 0 fully saturated rings. The lowest BCUT2D eigenvalue weighted by molar-refractivity contribution is 0.0785. The average Bonchev–Trinajstić information content (AvgIpc) is 2.87. The predicted molar refractivity (Wildman–Crippen MR) is 71.3 cm³/mol. The minimum atomic E-state index is -0.0219. The Labute approximate surface area is 112 Å². The number of hydrogen-bond donors (Lipinski definition) is 0. The number of carbonyl (C=O) groups is 1. The van der Waals surface area contributed by atoms with Crippen molar-refractivity contribution in [3.8, 4) is 0 Å². The lowest BCUT2D eigenvalue weighted by Gasteiger charge is -2.14. The summed E-state index contributed by atoms with van der Waals surface area (Å²) in [7, 11) is 1.79. The van der Waals surface area contributed by atoms with Crippen molar-refractivity contribution in [2.24, 2.45) is 0 Å². The van der Waals surface area contributed by atoms with Crippen LogP contribution < -0.4 is 0 Å². The largest absolute Gasteiger partial charge is 0.469 e. The number of rotatable bonds is 3. The molecule has 0 saturated heterocycles. The number of furan rings is 1. The number of amides is 1. The summed E-state index contributed by atoms with van der Waals surface area (Å²) < 4.78 is 6.19. The van der Waals surface area contributed by atoms with Gasteiger partial charge in [-0.25, -0.2) is 0 Å². The molecule has 0 saturated carbocycles. The molecule has 0 aliphatic rings. The Bertz CT molecular complexity index is 532. The summed E-state index contributed by atoms with van der Waals surface area (Å²) in [6, 6.07) is 3.78. The van der Waals surface area contributed by atoms with E-state index in [4.69, 9.17) is 4.42 Å². The molecule has 0 aliphatic carbocycles. The highest BCUT2D eigenvalue weighted by atomic mass is 79.9. The molecule has 0 aliphatic heterocycles. The fourth-order valence-corrected chi connectivity index (χ4v) is 3.02. The maximum Gasteiger partial charge on any atom is 0.257 e. The van der Waals surface area contributed by atoms with Gasteiger partial charge in [0.25, 0.3) is 5.91 Å². The Morgan fingerprint density at radius 2 is 2.29 bits per heavy atom. The zero-order valence-electron chi connectivity index (χ0n) is 9.57. The van der Waals surface area contributed by atoms with E-state index >= 15 is 0 Å². The molecular formula is C12H12BrNO2S. The lowest BCUT2D eigenvalue weighted by Crippen LogP contribution is -2.25. The van der Waals surface area contributed by atoms with Crippen molar-refractivity contribution >= 4 is 33.2 Å². The first-order valence-electron chi connectivity index (χ1n) is 5.10. The topological polar surface area (TPSA) is 33.5 Å². The Kier molecular flexibility index (Phi) is 3.69. The van der Waals surface area contributed by atoms with Crippen LogP contribution in [0.2, 0.25) is 0 Å². The van der Waals surface area contributed by atoms with Gasteiger partial charge in [0.1, 0.15) is 12.0 Å². The highest BCUT2D eigenvalue weighted by Gasteiger charge is 2.14. The van der Waals surface area contributed by atoms with Crippen molar-refractivity contribution in [2.45, 2.75) is 13.5 Å². The second kappa shape index (κ2) is 5.06. The van der Waals surface area contributed by atoms with Crippen molar-refractivity contribution in [3.05, 3.63) is 44.4 Å². The van der Waals surface area contributed by atoms with Crippen LogP contribution >= 0.6 is 27.3 Å². The molecule has 3 nitrogen and oxygen atoms in total. The van der Waals surface area contributed by atoms with E-state index in [0.717, 1.165) is 15.1 Å². The molecule has 5 heteroatoms. The molecule has 2 aromatic heterocycles. The number of thiophene rings is 1. The van der Waals surface area contributed by atoms with Gasteiger partial charge in [0, 0.05) is 21.8 Å². The van der Waals surface area contributed by atoms with Gasteiger partial charge < -0.3 is 9.32 Å². The molecule has 1 amide bonds. The van der Waals surface area contributed by atoms with Gasteiger partial charge in [-0.2, -0.15) is 0 Å². The van der Waals surface area contributed by atoms with Crippen LogP contribution in [-0.4, -0.2) is 17.9 Å². The van der Waals surface area contributed by atoms with Gasteiger partial charge in [0.05, 0.1) is 12.1 Å². The van der Waals surface area contributed by atoms with Crippen molar-refractivity contribution < 1.29 is 9.21 Å². The summed E-state index contributed by atoms with van der Waals surface area (Å²) in [6.45, 7) is 2.44. The summed E-state index contributed by atoms with van der Waals surface area (Å²) in [5, 5.41) is 2.01. The Hall–Kier alpha value is -1.07. The van der Waals surface area contributed by atoms with Gasteiger partial charge in [0.15, 0.2) is 0 Å². The van der Waals surface area contributed by atoms with Gasteiger partial charge >= 0.3 is 0 Å². The molecule has 2 aromatic rings. The minimum Gasteiger partial charge on any atom is -0.469 e. The molecule has 0 spiro atoms. The van der Waals surface area contributed by atoms with E-state index in [0.29, 0.717) is 12.1 Å². The van der Waals surface area contributed by atoms with Gasteiger partial charge in [-0.1, -0.05) is 0 Å². The Morgan fingerprint density at radius 1 is 1.53 bits per heavy atom. The van der Waals surface area contributed by atoms with E-state index in [1.165, 1.54) is 6.26 Å².